The van der Waals surface area contributed by atoms with Crippen molar-refractivity contribution in [3.05, 3.63) is 35.4 Å². The molecule has 2 aromatic heterocycles. The van der Waals surface area contributed by atoms with Crippen LogP contribution in [0.3, 0.4) is 0 Å². The highest BCUT2D eigenvalue weighted by atomic mass is 16.2. The van der Waals surface area contributed by atoms with E-state index in [4.69, 9.17) is 0 Å². The Morgan fingerprint density at radius 1 is 1.24 bits per heavy atom. The standard InChI is InChI=1S/C22H34N6O/c1-14(2)9-22(5,6)20(29)26-19-13-28(21-24-15(3)8-16(4)25-21)12-18(19)17-10-23-27(7)11-17/h8,10-11,14,18-19H,9,12-13H2,1-7H3,(H,26,29)/t18-,19+/m0/s1. The molecule has 3 heterocycles. The number of nitrogens with one attached hydrogen (secondary N) is 1. The number of carbonyl (C=O) groups excluding carboxylic acids is 1. The Kier molecular flexibility index (Phi) is 5.96. The lowest BCUT2D eigenvalue weighted by Gasteiger charge is -2.29. The van der Waals surface area contributed by atoms with Gasteiger partial charge in [0.25, 0.3) is 0 Å². The fourth-order valence-corrected chi connectivity index (χ4v) is 4.41. The van der Waals surface area contributed by atoms with E-state index in [0.717, 1.165) is 35.9 Å². The summed E-state index contributed by atoms with van der Waals surface area (Å²) in [6.07, 6.45) is 4.79. The van der Waals surface area contributed by atoms with E-state index in [1.807, 2.05) is 57.9 Å². The Labute approximate surface area is 173 Å². The third-order valence-corrected chi connectivity index (χ3v) is 5.58. The normalized spacial score (nSPS) is 19.8. The molecule has 7 heteroatoms. The number of hydrogen-bond acceptors (Lipinski definition) is 5. The molecule has 0 aliphatic carbocycles. The summed E-state index contributed by atoms with van der Waals surface area (Å²) in [6, 6.07) is 1.97. The fourth-order valence-electron chi connectivity index (χ4n) is 4.41. The van der Waals surface area contributed by atoms with Crippen LogP contribution in [-0.2, 0) is 11.8 Å². The van der Waals surface area contributed by atoms with Crippen molar-refractivity contribution in [2.24, 2.45) is 18.4 Å². The largest absolute Gasteiger partial charge is 0.350 e. The van der Waals surface area contributed by atoms with Crippen LogP contribution in [0.15, 0.2) is 18.5 Å². The highest BCUT2D eigenvalue weighted by molar-refractivity contribution is 5.82. The molecule has 7 nitrogen and oxygen atoms in total. The van der Waals surface area contributed by atoms with Gasteiger partial charge in [-0.1, -0.05) is 27.7 Å². The van der Waals surface area contributed by atoms with Crippen molar-refractivity contribution >= 4 is 11.9 Å². The van der Waals surface area contributed by atoms with E-state index in [9.17, 15) is 4.79 Å². The molecule has 0 spiro atoms. The number of aryl methyl sites for hydroxylation is 3. The first-order valence-electron chi connectivity index (χ1n) is 10.4. The van der Waals surface area contributed by atoms with Crippen LogP contribution in [0.4, 0.5) is 5.95 Å². The summed E-state index contributed by atoms with van der Waals surface area (Å²) in [5.74, 6) is 1.45. The van der Waals surface area contributed by atoms with E-state index in [-0.39, 0.29) is 17.9 Å². The number of hydrogen-bond donors (Lipinski definition) is 1. The topological polar surface area (TPSA) is 75.9 Å². The van der Waals surface area contributed by atoms with Crippen LogP contribution in [0.5, 0.6) is 0 Å². The van der Waals surface area contributed by atoms with E-state index in [0.29, 0.717) is 12.5 Å². The average molecular weight is 399 g/mol. The Bertz CT molecular complexity index is 852. The van der Waals surface area contributed by atoms with Crippen LogP contribution >= 0.6 is 0 Å². The first kappa shape index (κ1) is 21.3. The molecule has 29 heavy (non-hydrogen) atoms. The number of carbonyl (C=O) groups is 1. The second-order valence-electron chi connectivity index (χ2n) is 9.47. The van der Waals surface area contributed by atoms with Gasteiger partial charge >= 0.3 is 0 Å². The van der Waals surface area contributed by atoms with Crippen molar-refractivity contribution < 1.29 is 4.79 Å². The van der Waals surface area contributed by atoms with Gasteiger partial charge in [0.15, 0.2) is 0 Å². The maximum atomic E-state index is 13.1. The summed E-state index contributed by atoms with van der Waals surface area (Å²) in [5.41, 5.74) is 2.63. The van der Waals surface area contributed by atoms with Crippen LogP contribution in [0.25, 0.3) is 0 Å². The number of nitrogens with zero attached hydrogens (tertiary/aromatic N) is 5. The molecule has 0 bridgehead atoms. The summed E-state index contributed by atoms with van der Waals surface area (Å²) in [7, 11) is 1.92. The lowest BCUT2D eigenvalue weighted by atomic mass is 9.82. The molecule has 0 unspecified atom stereocenters. The van der Waals surface area contributed by atoms with Gasteiger partial charge in [-0.15, -0.1) is 0 Å². The van der Waals surface area contributed by atoms with Crippen molar-refractivity contribution in [3.8, 4) is 0 Å². The van der Waals surface area contributed by atoms with Crippen LogP contribution < -0.4 is 10.2 Å². The van der Waals surface area contributed by atoms with Crippen LogP contribution in [0, 0.1) is 25.2 Å². The molecule has 1 fully saturated rings. The zero-order chi connectivity index (χ0) is 21.3. The van der Waals surface area contributed by atoms with E-state index in [1.165, 1.54) is 0 Å². The molecular weight excluding hydrogens is 364 g/mol. The van der Waals surface area contributed by atoms with E-state index in [1.54, 1.807) is 0 Å². The van der Waals surface area contributed by atoms with E-state index >= 15 is 0 Å². The molecule has 3 rings (SSSR count). The third-order valence-electron chi connectivity index (χ3n) is 5.58. The number of amides is 1. The molecule has 1 amide bonds. The van der Waals surface area contributed by atoms with Crippen molar-refractivity contribution in [2.45, 2.75) is 59.9 Å². The monoisotopic (exact) mass is 398 g/mol. The van der Waals surface area contributed by atoms with Crippen molar-refractivity contribution in [1.29, 1.82) is 0 Å². The first-order valence-corrected chi connectivity index (χ1v) is 10.4. The number of aromatic nitrogens is 4. The second-order valence-corrected chi connectivity index (χ2v) is 9.47. The maximum absolute atomic E-state index is 13.1. The molecule has 1 N–H and O–H groups in total. The maximum Gasteiger partial charge on any atom is 0.225 e. The molecule has 0 aromatic carbocycles. The average Bonchev–Trinajstić information content (AvgIpc) is 3.19. The molecule has 1 aliphatic heterocycles. The third kappa shape index (κ3) is 4.95. The number of anilines is 1. The Hall–Kier alpha value is -2.44. The Morgan fingerprint density at radius 2 is 1.90 bits per heavy atom. The summed E-state index contributed by atoms with van der Waals surface area (Å²) < 4.78 is 1.81. The zero-order valence-electron chi connectivity index (χ0n) is 18.7. The molecule has 0 radical (unpaired) electrons. The first-order chi connectivity index (χ1) is 13.5. The lowest BCUT2D eigenvalue weighted by molar-refractivity contribution is -0.130. The quantitative estimate of drug-likeness (QED) is 0.810. The Morgan fingerprint density at radius 3 is 2.45 bits per heavy atom. The van der Waals surface area contributed by atoms with E-state index in [2.05, 4.69) is 39.1 Å². The SMILES string of the molecule is Cc1cc(C)nc(N2C[C@@H](NC(=O)C(C)(C)CC(C)C)[C@H](c3cnn(C)c3)C2)n1. The van der Waals surface area contributed by atoms with Gasteiger partial charge in [0, 0.05) is 49.1 Å². The van der Waals surface area contributed by atoms with Gasteiger partial charge in [-0.2, -0.15) is 5.10 Å². The zero-order valence-corrected chi connectivity index (χ0v) is 18.7. The molecule has 158 valence electrons. The van der Waals surface area contributed by atoms with Crippen LogP contribution in [0.2, 0.25) is 0 Å². The summed E-state index contributed by atoms with van der Waals surface area (Å²) in [4.78, 5) is 24.6. The minimum Gasteiger partial charge on any atom is -0.350 e. The van der Waals surface area contributed by atoms with Gasteiger partial charge in [-0.25, -0.2) is 9.97 Å². The van der Waals surface area contributed by atoms with Crippen molar-refractivity contribution in [1.82, 2.24) is 25.1 Å². The Balaban J connectivity index is 1.85. The van der Waals surface area contributed by atoms with Crippen LogP contribution in [0.1, 0.15) is 57.0 Å². The minimum atomic E-state index is -0.405. The predicted octanol–water partition coefficient (Wildman–Crippen LogP) is 2.99. The summed E-state index contributed by atoms with van der Waals surface area (Å²) in [5, 5.41) is 7.68. The predicted molar refractivity (Wildman–Crippen MR) is 115 cm³/mol. The smallest absolute Gasteiger partial charge is 0.225 e. The molecule has 0 saturated carbocycles. The minimum absolute atomic E-state index is 0.0115. The van der Waals surface area contributed by atoms with Gasteiger partial charge in [-0.3, -0.25) is 9.48 Å². The van der Waals surface area contributed by atoms with Crippen molar-refractivity contribution in [3.63, 3.8) is 0 Å². The molecule has 2 aromatic rings. The lowest BCUT2D eigenvalue weighted by Crippen LogP contribution is -2.46. The van der Waals surface area contributed by atoms with Crippen LogP contribution in [-0.4, -0.2) is 44.8 Å². The highest BCUT2D eigenvalue weighted by Gasteiger charge is 2.39. The van der Waals surface area contributed by atoms with Gasteiger partial charge in [-0.05, 0) is 37.8 Å². The van der Waals surface area contributed by atoms with E-state index < -0.39 is 5.41 Å². The van der Waals surface area contributed by atoms with Crippen molar-refractivity contribution in [2.75, 3.05) is 18.0 Å². The summed E-state index contributed by atoms with van der Waals surface area (Å²) in [6.45, 7) is 13.8. The molecular formula is C22H34N6O. The second kappa shape index (κ2) is 8.13. The molecule has 1 saturated heterocycles. The molecule has 1 aliphatic rings. The summed E-state index contributed by atoms with van der Waals surface area (Å²) >= 11 is 0. The van der Waals surface area contributed by atoms with Gasteiger partial charge in [0.05, 0.1) is 12.2 Å². The highest BCUT2D eigenvalue weighted by Crippen LogP contribution is 2.32. The fraction of sp³-hybridized carbons (Fsp3) is 0.636. The van der Waals surface area contributed by atoms with Gasteiger partial charge in [0.2, 0.25) is 11.9 Å². The molecule has 2 atom stereocenters. The van der Waals surface area contributed by atoms with Gasteiger partial charge in [0.1, 0.15) is 0 Å². The van der Waals surface area contributed by atoms with Gasteiger partial charge < -0.3 is 10.2 Å². The number of rotatable bonds is 6.